The van der Waals surface area contributed by atoms with Crippen molar-refractivity contribution in [1.82, 2.24) is 5.32 Å². The summed E-state index contributed by atoms with van der Waals surface area (Å²) >= 11 is 1.86. The highest BCUT2D eigenvalue weighted by Gasteiger charge is 2.30. The second-order valence-electron chi connectivity index (χ2n) is 8.72. The number of rotatable bonds is 11. The molecule has 2 aromatic carbocycles. The molecule has 0 radical (unpaired) electrons. The molecular formula is C28H36N2O6S. The highest BCUT2D eigenvalue weighted by Crippen LogP contribution is 2.39. The maximum Gasteiger partial charge on any atom is 0.328 e. The molecule has 1 amide bonds. The van der Waals surface area contributed by atoms with Gasteiger partial charge in [-0.15, -0.1) is 0 Å². The second-order valence-corrected chi connectivity index (χ2v) is 9.95. The van der Waals surface area contributed by atoms with Crippen molar-refractivity contribution in [2.45, 2.75) is 38.6 Å². The number of nitrogens with one attached hydrogen (secondary N) is 1. The lowest BCUT2D eigenvalue weighted by atomic mass is 9.95. The molecule has 9 heteroatoms. The van der Waals surface area contributed by atoms with Gasteiger partial charge in [0, 0.05) is 12.3 Å². The number of benzene rings is 2. The summed E-state index contributed by atoms with van der Waals surface area (Å²) in [7, 11) is 6.02. The van der Waals surface area contributed by atoms with Gasteiger partial charge in [-0.3, -0.25) is 4.79 Å². The van der Waals surface area contributed by atoms with E-state index in [4.69, 9.17) is 19.0 Å². The minimum atomic E-state index is -0.865. The molecule has 1 heterocycles. The van der Waals surface area contributed by atoms with Crippen molar-refractivity contribution in [3.63, 3.8) is 0 Å². The predicted molar refractivity (Wildman–Crippen MR) is 147 cm³/mol. The standard InChI is InChI=1S/C28H36N2O6S/c1-6-18-16-23(33-2)25(24(17-18)34-3)20-9-7-19(8-10-20)15-22(28(32)35-4)29-27(31)26(30-36-5)21-11-13-37-14-12-21/h7-10,16-17,21-22H,6,11-15H2,1-5H3,(H,29,31)/t22-/m0/s1. The van der Waals surface area contributed by atoms with Crippen LogP contribution in [0.2, 0.25) is 0 Å². The van der Waals surface area contributed by atoms with Gasteiger partial charge in [-0.2, -0.15) is 11.8 Å². The topological polar surface area (TPSA) is 95.5 Å². The van der Waals surface area contributed by atoms with Crippen molar-refractivity contribution < 1.29 is 28.6 Å². The molecule has 2 aromatic rings. The van der Waals surface area contributed by atoms with E-state index < -0.39 is 17.9 Å². The van der Waals surface area contributed by atoms with E-state index in [1.807, 2.05) is 48.2 Å². The highest BCUT2D eigenvalue weighted by molar-refractivity contribution is 7.99. The van der Waals surface area contributed by atoms with E-state index in [0.29, 0.717) is 5.71 Å². The number of carbonyl (C=O) groups is 2. The third-order valence-corrected chi connectivity index (χ3v) is 7.53. The molecule has 0 spiro atoms. The first-order chi connectivity index (χ1) is 17.9. The van der Waals surface area contributed by atoms with Crippen molar-refractivity contribution in [3.8, 4) is 22.6 Å². The summed E-state index contributed by atoms with van der Waals surface area (Å²) in [5.41, 5.74) is 4.08. The molecule has 1 saturated heterocycles. The fraction of sp³-hybridized carbons (Fsp3) is 0.464. The second kappa shape index (κ2) is 13.9. The molecule has 1 N–H and O–H groups in total. The Labute approximate surface area is 223 Å². The third-order valence-electron chi connectivity index (χ3n) is 6.48. The van der Waals surface area contributed by atoms with Crippen molar-refractivity contribution >= 4 is 29.4 Å². The van der Waals surface area contributed by atoms with Gasteiger partial charge in [0.25, 0.3) is 5.91 Å². The SMILES string of the molecule is CCc1cc(OC)c(-c2ccc(C[C@H](NC(=O)C(=NOC)C3CCSCC3)C(=O)OC)cc2)c(OC)c1. The number of thioether (sulfide) groups is 1. The Balaban J connectivity index is 1.81. The van der Waals surface area contributed by atoms with Crippen LogP contribution in [-0.4, -0.2) is 63.6 Å². The fourth-order valence-electron chi connectivity index (χ4n) is 4.44. The molecule has 0 unspecified atom stereocenters. The van der Waals surface area contributed by atoms with Crippen LogP contribution in [-0.2, 0) is 32.0 Å². The summed E-state index contributed by atoms with van der Waals surface area (Å²) in [6.07, 6.45) is 2.82. The first kappa shape index (κ1) is 28.4. The number of hydrogen-bond donors (Lipinski definition) is 1. The molecule has 37 heavy (non-hydrogen) atoms. The zero-order chi connectivity index (χ0) is 26.8. The molecule has 1 atom stereocenters. The Hall–Kier alpha value is -3.20. The maximum absolute atomic E-state index is 13.1. The summed E-state index contributed by atoms with van der Waals surface area (Å²) in [6, 6.07) is 10.9. The van der Waals surface area contributed by atoms with E-state index in [9.17, 15) is 9.59 Å². The van der Waals surface area contributed by atoms with E-state index in [-0.39, 0.29) is 12.3 Å². The van der Waals surface area contributed by atoms with Crippen LogP contribution < -0.4 is 14.8 Å². The van der Waals surface area contributed by atoms with Crippen LogP contribution in [0.3, 0.4) is 0 Å². The van der Waals surface area contributed by atoms with Gasteiger partial charge in [0.05, 0.1) is 26.9 Å². The van der Waals surface area contributed by atoms with Gasteiger partial charge in [0.1, 0.15) is 30.4 Å². The molecule has 0 aromatic heterocycles. The van der Waals surface area contributed by atoms with Crippen molar-refractivity contribution in [1.29, 1.82) is 0 Å². The first-order valence-corrected chi connectivity index (χ1v) is 13.5. The first-order valence-electron chi connectivity index (χ1n) is 12.4. The van der Waals surface area contributed by atoms with E-state index in [0.717, 1.165) is 64.5 Å². The highest BCUT2D eigenvalue weighted by atomic mass is 32.2. The van der Waals surface area contributed by atoms with Crippen LogP contribution in [0.1, 0.15) is 30.9 Å². The van der Waals surface area contributed by atoms with E-state index in [1.165, 1.54) is 14.2 Å². The Morgan fingerprint density at radius 1 is 1.00 bits per heavy atom. The number of amides is 1. The van der Waals surface area contributed by atoms with Crippen LogP contribution in [0.5, 0.6) is 11.5 Å². The fourth-order valence-corrected chi connectivity index (χ4v) is 5.54. The Morgan fingerprint density at radius 2 is 1.62 bits per heavy atom. The average Bonchev–Trinajstić information content (AvgIpc) is 2.95. The number of nitrogens with zero attached hydrogens (tertiary/aromatic N) is 1. The molecule has 3 rings (SSSR count). The van der Waals surface area contributed by atoms with Crippen LogP contribution in [0.4, 0.5) is 0 Å². The van der Waals surface area contributed by atoms with E-state index in [1.54, 1.807) is 14.2 Å². The molecule has 1 aliphatic rings. The molecular weight excluding hydrogens is 492 g/mol. The van der Waals surface area contributed by atoms with Gasteiger partial charge in [0.15, 0.2) is 0 Å². The zero-order valence-electron chi connectivity index (χ0n) is 22.2. The molecule has 1 aliphatic heterocycles. The Kier molecular flexibility index (Phi) is 10.7. The van der Waals surface area contributed by atoms with Crippen molar-refractivity contribution in [2.75, 3.05) is 39.9 Å². The van der Waals surface area contributed by atoms with Gasteiger partial charge < -0.3 is 24.4 Å². The van der Waals surface area contributed by atoms with Crippen molar-refractivity contribution in [2.24, 2.45) is 11.1 Å². The number of esters is 1. The monoisotopic (exact) mass is 528 g/mol. The third kappa shape index (κ3) is 7.19. The molecule has 0 bridgehead atoms. The normalized spacial score (nSPS) is 15.0. The number of ether oxygens (including phenoxy) is 3. The summed E-state index contributed by atoms with van der Waals surface area (Å²) in [5.74, 6) is 2.46. The summed E-state index contributed by atoms with van der Waals surface area (Å²) < 4.78 is 16.3. The largest absolute Gasteiger partial charge is 0.496 e. The molecule has 0 aliphatic carbocycles. The number of oxime groups is 1. The molecule has 200 valence electrons. The Bertz CT molecular complexity index is 1070. The predicted octanol–water partition coefficient (Wildman–Crippen LogP) is 4.28. The molecule has 1 fully saturated rings. The van der Waals surface area contributed by atoms with Crippen molar-refractivity contribution in [3.05, 3.63) is 47.5 Å². The number of hydrogen-bond acceptors (Lipinski definition) is 8. The van der Waals surface area contributed by atoms with Gasteiger partial charge in [0.2, 0.25) is 0 Å². The zero-order valence-corrected chi connectivity index (χ0v) is 23.0. The minimum Gasteiger partial charge on any atom is -0.496 e. The number of carbonyl (C=O) groups excluding carboxylic acids is 2. The van der Waals surface area contributed by atoms with Gasteiger partial charge in [-0.1, -0.05) is 36.3 Å². The average molecular weight is 529 g/mol. The van der Waals surface area contributed by atoms with Crippen LogP contribution in [0.25, 0.3) is 11.1 Å². The van der Waals surface area contributed by atoms with Gasteiger partial charge in [-0.05, 0) is 59.6 Å². The smallest absolute Gasteiger partial charge is 0.328 e. The van der Waals surface area contributed by atoms with E-state index >= 15 is 0 Å². The Morgan fingerprint density at radius 3 is 2.14 bits per heavy atom. The maximum atomic E-state index is 13.1. The lowest BCUT2D eigenvalue weighted by Crippen LogP contribution is -2.47. The number of methoxy groups -OCH3 is 3. The van der Waals surface area contributed by atoms with E-state index in [2.05, 4.69) is 17.4 Å². The summed E-state index contributed by atoms with van der Waals surface area (Å²) in [5, 5.41) is 6.83. The number of aryl methyl sites for hydroxylation is 1. The quantitative estimate of drug-likeness (QED) is 0.264. The summed E-state index contributed by atoms with van der Waals surface area (Å²) in [4.78, 5) is 30.7. The summed E-state index contributed by atoms with van der Waals surface area (Å²) in [6.45, 7) is 2.08. The minimum absolute atomic E-state index is 0.00263. The lowest BCUT2D eigenvalue weighted by Gasteiger charge is -2.23. The molecule has 8 nitrogen and oxygen atoms in total. The van der Waals surface area contributed by atoms with Crippen LogP contribution in [0.15, 0.2) is 41.6 Å². The molecule has 0 saturated carbocycles. The van der Waals surface area contributed by atoms with Gasteiger partial charge >= 0.3 is 5.97 Å². The van der Waals surface area contributed by atoms with Crippen LogP contribution >= 0.6 is 11.8 Å². The van der Waals surface area contributed by atoms with Gasteiger partial charge in [-0.25, -0.2) is 4.79 Å². The van der Waals surface area contributed by atoms with Crippen LogP contribution in [0, 0.1) is 5.92 Å². The lowest BCUT2D eigenvalue weighted by molar-refractivity contribution is -0.144.